The number of para-hydroxylation sites is 1. The molecule has 1 aromatic carbocycles. The van der Waals surface area contributed by atoms with Crippen LogP contribution in [0.25, 0.3) is 0 Å². The predicted octanol–water partition coefficient (Wildman–Crippen LogP) is 0.552. The van der Waals surface area contributed by atoms with E-state index in [1.54, 1.807) is 18.3 Å². The summed E-state index contributed by atoms with van der Waals surface area (Å²) in [6.07, 6.45) is 3.38. The highest BCUT2D eigenvalue weighted by molar-refractivity contribution is 5.99. The number of benzene rings is 1. The van der Waals surface area contributed by atoms with E-state index in [0.717, 1.165) is 0 Å². The highest BCUT2D eigenvalue weighted by Crippen LogP contribution is 2.27. The zero-order valence-corrected chi connectivity index (χ0v) is 9.21. The predicted molar refractivity (Wildman–Crippen MR) is 63.3 cm³/mol. The van der Waals surface area contributed by atoms with Crippen molar-refractivity contribution in [2.45, 2.75) is 0 Å². The quantitative estimate of drug-likeness (QED) is 0.515. The lowest BCUT2D eigenvalue weighted by Crippen LogP contribution is -2.27. The number of aromatic hydroxyl groups is 1. The topological polar surface area (TPSA) is 86.8 Å². The van der Waals surface area contributed by atoms with Crippen LogP contribution in [0.5, 0.6) is 5.75 Å². The maximum absolute atomic E-state index is 12.1. The van der Waals surface area contributed by atoms with Gasteiger partial charge in [0.05, 0.1) is 17.9 Å². The summed E-state index contributed by atoms with van der Waals surface area (Å²) >= 11 is 0. The van der Waals surface area contributed by atoms with E-state index < -0.39 is 0 Å². The maximum Gasteiger partial charge on any atom is 0.261 e. The van der Waals surface area contributed by atoms with E-state index in [-0.39, 0.29) is 35.4 Å². The van der Waals surface area contributed by atoms with Gasteiger partial charge in [0.15, 0.2) is 5.75 Å². The van der Waals surface area contributed by atoms with Crippen molar-refractivity contribution in [3.05, 3.63) is 36.0 Å². The molecule has 5 nitrogen and oxygen atoms in total. The Balaban J connectivity index is 2.21. The Morgan fingerprint density at radius 1 is 1.53 bits per heavy atom. The van der Waals surface area contributed by atoms with Crippen molar-refractivity contribution in [2.75, 3.05) is 18.9 Å². The summed E-state index contributed by atoms with van der Waals surface area (Å²) in [6, 6.07) is 4.67. The van der Waals surface area contributed by atoms with Crippen LogP contribution in [0.2, 0.25) is 0 Å². The Kier molecular flexibility index (Phi) is 3.01. The zero-order valence-electron chi connectivity index (χ0n) is 9.21. The Morgan fingerprint density at radius 2 is 2.29 bits per heavy atom. The van der Waals surface area contributed by atoms with Crippen molar-refractivity contribution in [1.82, 2.24) is 4.90 Å². The average molecular weight is 234 g/mol. The van der Waals surface area contributed by atoms with Crippen LogP contribution in [0.1, 0.15) is 10.4 Å². The minimum atomic E-state index is -0.318. The second-order valence-electron chi connectivity index (χ2n) is 3.99. The zero-order chi connectivity index (χ0) is 12.4. The highest BCUT2D eigenvalue weighted by Gasteiger charge is 2.24. The van der Waals surface area contributed by atoms with Crippen molar-refractivity contribution in [3.63, 3.8) is 0 Å². The molecule has 0 unspecified atom stereocenters. The second-order valence-corrected chi connectivity index (χ2v) is 3.99. The van der Waals surface area contributed by atoms with E-state index in [2.05, 4.69) is 0 Å². The molecule has 1 aliphatic rings. The molecule has 1 atom stereocenters. The van der Waals surface area contributed by atoms with E-state index in [4.69, 9.17) is 10.8 Å². The van der Waals surface area contributed by atoms with Crippen LogP contribution in [-0.4, -0.2) is 34.2 Å². The van der Waals surface area contributed by atoms with Gasteiger partial charge in [-0.25, -0.2) is 0 Å². The summed E-state index contributed by atoms with van der Waals surface area (Å²) in [5, 5.41) is 18.7. The molecule has 1 aromatic rings. The number of phenolic OH excluding ortho intramolecular Hbond substituents is 1. The normalized spacial score (nSPS) is 18.6. The van der Waals surface area contributed by atoms with Gasteiger partial charge in [-0.15, -0.1) is 0 Å². The lowest BCUT2D eigenvalue weighted by Gasteiger charge is -2.16. The summed E-state index contributed by atoms with van der Waals surface area (Å²) in [5.41, 5.74) is 5.88. The second kappa shape index (κ2) is 4.47. The van der Waals surface area contributed by atoms with Gasteiger partial charge in [0.25, 0.3) is 5.91 Å². The van der Waals surface area contributed by atoms with Crippen LogP contribution in [0.3, 0.4) is 0 Å². The van der Waals surface area contributed by atoms with Crippen LogP contribution in [0.15, 0.2) is 30.5 Å². The fourth-order valence-electron chi connectivity index (χ4n) is 1.76. The number of amides is 1. The van der Waals surface area contributed by atoms with Gasteiger partial charge in [-0.1, -0.05) is 12.1 Å². The summed E-state index contributed by atoms with van der Waals surface area (Å²) in [5.74, 6) is -0.553. The molecule has 0 spiro atoms. The number of anilines is 1. The fraction of sp³-hybridized carbons (Fsp3) is 0.250. The Bertz CT molecular complexity index is 471. The van der Waals surface area contributed by atoms with Gasteiger partial charge in [-0.05, 0) is 12.1 Å². The molecule has 0 bridgehead atoms. The molecular formula is C12H14N2O3. The van der Waals surface area contributed by atoms with E-state index in [9.17, 15) is 9.90 Å². The first-order chi connectivity index (χ1) is 8.13. The molecule has 5 heteroatoms. The van der Waals surface area contributed by atoms with Crippen LogP contribution in [0.4, 0.5) is 5.69 Å². The number of aliphatic hydroxyl groups excluding tert-OH is 1. The lowest BCUT2D eigenvalue weighted by molar-refractivity contribution is 0.0813. The number of nitrogens with zero attached hydrogens (tertiary/aromatic N) is 1. The van der Waals surface area contributed by atoms with Crippen LogP contribution >= 0.6 is 0 Å². The summed E-state index contributed by atoms with van der Waals surface area (Å²) < 4.78 is 0. The Hall–Kier alpha value is -2.01. The number of phenols is 1. The first kappa shape index (κ1) is 11.5. The van der Waals surface area contributed by atoms with Gasteiger partial charge < -0.3 is 20.8 Å². The minimum absolute atomic E-state index is 0.00317. The lowest BCUT2D eigenvalue weighted by atomic mass is 10.1. The molecule has 0 aromatic heterocycles. The summed E-state index contributed by atoms with van der Waals surface area (Å²) in [4.78, 5) is 13.5. The molecular weight excluding hydrogens is 220 g/mol. The largest absolute Gasteiger partial charge is 0.505 e. The average Bonchev–Trinajstić information content (AvgIpc) is 2.80. The van der Waals surface area contributed by atoms with Crippen molar-refractivity contribution in [1.29, 1.82) is 0 Å². The van der Waals surface area contributed by atoms with Gasteiger partial charge in [-0.3, -0.25) is 4.79 Å². The Morgan fingerprint density at radius 3 is 2.94 bits per heavy atom. The molecule has 0 saturated carbocycles. The number of carbonyl (C=O) groups is 1. The number of hydrogen-bond donors (Lipinski definition) is 3. The standard InChI is InChI=1S/C12H14N2O3/c13-10-3-1-2-9(11(10)16)12(17)14-5-4-8(6-14)7-15/h1-5,8,15-16H,6-7,13H2/t8-/m0/s1. The van der Waals surface area contributed by atoms with Gasteiger partial charge in [-0.2, -0.15) is 0 Å². The third-order valence-electron chi connectivity index (χ3n) is 2.76. The van der Waals surface area contributed by atoms with Crippen molar-refractivity contribution >= 4 is 11.6 Å². The summed E-state index contributed by atoms with van der Waals surface area (Å²) in [7, 11) is 0. The van der Waals surface area contributed by atoms with Crippen LogP contribution < -0.4 is 5.73 Å². The fourth-order valence-corrected chi connectivity index (χ4v) is 1.76. The van der Waals surface area contributed by atoms with Crippen LogP contribution in [0, 0.1) is 5.92 Å². The van der Waals surface area contributed by atoms with Gasteiger partial charge in [0, 0.05) is 18.7 Å². The first-order valence-corrected chi connectivity index (χ1v) is 5.31. The molecule has 4 N–H and O–H groups in total. The molecule has 0 aliphatic carbocycles. The summed E-state index contributed by atoms with van der Waals surface area (Å²) in [6.45, 7) is 0.423. The number of nitrogens with two attached hydrogens (primary N) is 1. The third kappa shape index (κ3) is 2.09. The smallest absolute Gasteiger partial charge is 0.261 e. The molecule has 1 aliphatic heterocycles. The number of hydrogen-bond acceptors (Lipinski definition) is 4. The molecule has 1 amide bonds. The van der Waals surface area contributed by atoms with Crippen molar-refractivity contribution in [2.24, 2.45) is 5.92 Å². The minimum Gasteiger partial charge on any atom is -0.505 e. The number of rotatable bonds is 2. The molecule has 0 saturated heterocycles. The molecule has 2 rings (SSSR count). The molecule has 0 radical (unpaired) electrons. The van der Waals surface area contributed by atoms with E-state index in [1.165, 1.54) is 17.0 Å². The number of aliphatic hydroxyl groups is 1. The Labute approximate surface area is 98.8 Å². The van der Waals surface area contributed by atoms with Gasteiger partial charge in [0.2, 0.25) is 0 Å². The molecule has 90 valence electrons. The van der Waals surface area contributed by atoms with Gasteiger partial charge in [0.1, 0.15) is 0 Å². The first-order valence-electron chi connectivity index (χ1n) is 5.31. The monoisotopic (exact) mass is 234 g/mol. The van der Waals surface area contributed by atoms with Crippen LogP contribution in [-0.2, 0) is 0 Å². The molecule has 1 heterocycles. The highest BCUT2D eigenvalue weighted by atomic mass is 16.3. The number of nitrogen functional groups attached to an aromatic ring is 1. The maximum atomic E-state index is 12.1. The number of carbonyl (C=O) groups excluding carboxylic acids is 1. The van der Waals surface area contributed by atoms with Crippen molar-refractivity contribution < 1.29 is 15.0 Å². The van der Waals surface area contributed by atoms with Crippen molar-refractivity contribution in [3.8, 4) is 5.75 Å². The van der Waals surface area contributed by atoms with Gasteiger partial charge >= 0.3 is 0 Å². The van der Waals surface area contributed by atoms with E-state index in [0.29, 0.717) is 6.54 Å². The third-order valence-corrected chi connectivity index (χ3v) is 2.76. The molecule has 0 fully saturated rings. The van der Waals surface area contributed by atoms with E-state index >= 15 is 0 Å². The SMILES string of the molecule is Nc1cccc(C(=O)N2C=C[C@H](CO)C2)c1O. The van der Waals surface area contributed by atoms with E-state index in [1.807, 2.05) is 0 Å². The molecule has 17 heavy (non-hydrogen) atoms.